The first-order valence-electron chi connectivity index (χ1n) is 5.45. The van der Waals surface area contributed by atoms with E-state index in [4.69, 9.17) is 16.3 Å². The van der Waals surface area contributed by atoms with Gasteiger partial charge in [0.2, 0.25) is 0 Å². The number of benzene rings is 1. The van der Waals surface area contributed by atoms with Crippen molar-refractivity contribution >= 4 is 27.2 Å². The van der Waals surface area contributed by atoms with Crippen molar-refractivity contribution in [3.05, 3.63) is 28.8 Å². The van der Waals surface area contributed by atoms with E-state index in [0.29, 0.717) is 5.75 Å². The number of rotatable bonds is 7. The summed E-state index contributed by atoms with van der Waals surface area (Å²) in [6.07, 6.45) is 0. The maximum Gasteiger partial charge on any atom is 0.177 e. The second kappa shape index (κ2) is 6.88. The summed E-state index contributed by atoms with van der Waals surface area (Å²) >= 11 is 5.88. The average molecular weight is 307 g/mol. The van der Waals surface area contributed by atoms with Crippen LogP contribution in [0.15, 0.2) is 18.2 Å². The summed E-state index contributed by atoms with van der Waals surface area (Å²) in [5.41, 5.74) is 0.242. The number of ketones is 1. The van der Waals surface area contributed by atoms with E-state index in [9.17, 15) is 13.2 Å². The second-order valence-corrected chi connectivity index (χ2v) is 6.45. The first-order chi connectivity index (χ1) is 8.89. The minimum Gasteiger partial charge on any atom is -0.495 e. The molecule has 0 amide bonds. The third-order valence-corrected chi connectivity index (χ3v) is 4.21. The molecule has 1 aromatic rings. The highest BCUT2D eigenvalue weighted by molar-refractivity contribution is 7.92. The molecule has 0 spiro atoms. The zero-order valence-electron chi connectivity index (χ0n) is 10.7. The molecule has 19 heavy (non-hydrogen) atoms. The number of methoxy groups -OCH3 is 2. The van der Waals surface area contributed by atoms with E-state index >= 15 is 0 Å². The van der Waals surface area contributed by atoms with Gasteiger partial charge in [-0.05, 0) is 18.2 Å². The van der Waals surface area contributed by atoms with Gasteiger partial charge in [-0.1, -0.05) is 11.6 Å². The van der Waals surface area contributed by atoms with Gasteiger partial charge < -0.3 is 9.47 Å². The zero-order valence-corrected chi connectivity index (χ0v) is 12.3. The highest BCUT2D eigenvalue weighted by Gasteiger charge is 2.18. The molecule has 0 saturated heterocycles. The van der Waals surface area contributed by atoms with Crippen LogP contribution < -0.4 is 4.74 Å². The fourth-order valence-electron chi connectivity index (χ4n) is 1.41. The summed E-state index contributed by atoms with van der Waals surface area (Å²) in [5.74, 6) is -0.806. The molecule has 1 aromatic carbocycles. The van der Waals surface area contributed by atoms with Gasteiger partial charge in [-0.25, -0.2) is 8.42 Å². The first-order valence-corrected chi connectivity index (χ1v) is 7.65. The van der Waals surface area contributed by atoms with Gasteiger partial charge in [-0.3, -0.25) is 4.79 Å². The summed E-state index contributed by atoms with van der Waals surface area (Å²) in [4.78, 5) is 11.9. The Balaban J connectivity index is 2.81. The number of Topliss-reactive ketones (excluding diaryl/α,β-unsaturated/α-hetero) is 1. The van der Waals surface area contributed by atoms with Crippen LogP contribution in [0.4, 0.5) is 0 Å². The predicted molar refractivity (Wildman–Crippen MR) is 72.9 cm³/mol. The zero-order chi connectivity index (χ0) is 14.5. The lowest BCUT2D eigenvalue weighted by molar-refractivity contribution is 0.102. The van der Waals surface area contributed by atoms with Gasteiger partial charge in [-0.2, -0.15) is 0 Å². The summed E-state index contributed by atoms with van der Waals surface area (Å²) in [7, 11) is -0.609. The van der Waals surface area contributed by atoms with Crippen molar-refractivity contribution in [2.75, 3.05) is 32.3 Å². The monoisotopic (exact) mass is 306 g/mol. The fraction of sp³-hybridized carbons (Fsp3) is 0.417. The van der Waals surface area contributed by atoms with Gasteiger partial charge in [-0.15, -0.1) is 0 Å². The molecule has 0 heterocycles. The highest BCUT2D eigenvalue weighted by Crippen LogP contribution is 2.25. The molecule has 0 saturated carbocycles. The third-order valence-electron chi connectivity index (χ3n) is 2.42. The van der Waals surface area contributed by atoms with E-state index in [-0.39, 0.29) is 22.9 Å². The van der Waals surface area contributed by atoms with Gasteiger partial charge in [0.25, 0.3) is 0 Å². The Morgan fingerprint density at radius 2 is 2.00 bits per heavy atom. The Morgan fingerprint density at radius 1 is 1.32 bits per heavy atom. The minimum atomic E-state index is -3.47. The van der Waals surface area contributed by atoms with E-state index in [2.05, 4.69) is 4.74 Å². The molecule has 7 heteroatoms. The average Bonchev–Trinajstić information content (AvgIpc) is 2.35. The van der Waals surface area contributed by atoms with Crippen LogP contribution in [-0.4, -0.2) is 46.5 Å². The van der Waals surface area contributed by atoms with Crippen molar-refractivity contribution in [2.24, 2.45) is 0 Å². The quantitative estimate of drug-likeness (QED) is 0.716. The molecule has 0 fully saturated rings. The Hall–Kier alpha value is -1.11. The van der Waals surface area contributed by atoms with Gasteiger partial charge in [0.15, 0.2) is 15.6 Å². The molecule has 106 valence electrons. The van der Waals surface area contributed by atoms with E-state index in [1.165, 1.54) is 32.4 Å². The van der Waals surface area contributed by atoms with Gasteiger partial charge >= 0.3 is 0 Å². The number of hydrogen-bond donors (Lipinski definition) is 0. The lowest BCUT2D eigenvalue weighted by Gasteiger charge is -2.06. The normalized spacial score (nSPS) is 11.3. The minimum absolute atomic E-state index is 0.0684. The van der Waals surface area contributed by atoms with Crippen LogP contribution >= 0.6 is 11.6 Å². The Morgan fingerprint density at radius 3 is 2.53 bits per heavy atom. The van der Waals surface area contributed by atoms with Crippen molar-refractivity contribution in [3.63, 3.8) is 0 Å². The Bertz CT molecular complexity index is 553. The van der Waals surface area contributed by atoms with Crippen LogP contribution in [0, 0.1) is 0 Å². The van der Waals surface area contributed by atoms with Gasteiger partial charge in [0.05, 0.1) is 24.5 Å². The highest BCUT2D eigenvalue weighted by atomic mass is 35.5. The van der Waals surface area contributed by atoms with Gasteiger partial charge in [0, 0.05) is 12.7 Å². The Labute approximate surface area is 117 Å². The van der Waals surface area contributed by atoms with E-state index in [0.717, 1.165) is 0 Å². The van der Waals surface area contributed by atoms with Crippen LogP contribution in [-0.2, 0) is 14.6 Å². The SMILES string of the molecule is COCCS(=O)(=O)CC(=O)c1ccc(OC)c(Cl)c1. The molecule has 0 unspecified atom stereocenters. The van der Waals surface area contributed by atoms with E-state index in [1.54, 1.807) is 0 Å². The molecule has 1 rings (SSSR count). The van der Waals surface area contributed by atoms with Crippen LogP contribution in [0.1, 0.15) is 10.4 Å². The molecule has 0 aromatic heterocycles. The summed E-state index contributed by atoms with van der Waals surface area (Å²) in [6.45, 7) is 0.0684. The number of halogens is 1. The van der Waals surface area contributed by atoms with Crippen LogP contribution in [0.3, 0.4) is 0 Å². The van der Waals surface area contributed by atoms with Crippen LogP contribution in [0.25, 0.3) is 0 Å². The van der Waals surface area contributed by atoms with Crippen molar-refractivity contribution in [2.45, 2.75) is 0 Å². The standard InChI is InChI=1S/C12H15ClO5S/c1-17-5-6-19(15,16)8-11(14)9-3-4-12(18-2)10(13)7-9/h3-4,7H,5-6,8H2,1-2H3. The predicted octanol–water partition coefficient (Wildman–Crippen LogP) is 1.59. The van der Waals surface area contributed by atoms with E-state index in [1.807, 2.05) is 0 Å². The summed E-state index contributed by atoms with van der Waals surface area (Å²) < 4.78 is 32.9. The lowest BCUT2D eigenvalue weighted by Crippen LogP contribution is -2.21. The van der Waals surface area contributed by atoms with Crippen LogP contribution in [0.5, 0.6) is 5.75 Å². The Kier molecular flexibility index (Phi) is 5.78. The van der Waals surface area contributed by atoms with Crippen molar-refractivity contribution in [1.29, 1.82) is 0 Å². The number of ether oxygens (including phenoxy) is 2. The third kappa shape index (κ3) is 4.81. The van der Waals surface area contributed by atoms with Crippen molar-refractivity contribution < 1.29 is 22.7 Å². The van der Waals surface area contributed by atoms with Gasteiger partial charge in [0.1, 0.15) is 11.5 Å². The fourth-order valence-corrected chi connectivity index (χ4v) is 2.79. The molecule has 0 atom stereocenters. The number of carbonyl (C=O) groups excluding carboxylic acids is 1. The molecular formula is C12H15ClO5S. The molecule has 0 aliphatic rings. The molecule has 5 nitrogen and oxygen atoms in total. The molecule has 0 aliphatic carbocycles. The molecule has 0 N–H and O–H groups in total. The topological polar surface area (TPSA) is 69.7 Å². The summed E-state index contributed by atoms with van der Waals surface area (Å²) in [6, 6.07) is 4.41. The van der Waals surface area contributed by atoms with E-state index < -0.39 is 21.4 Å². The molecule has 0 radical (unpaired) electrons. The largest absolute Gasteiger partial charge is 0.495 e. The van der Waals surface area contributed by atoms with Crippen molar-refractivity contribution in [1.82, 2.24) is 0 Å². The smallest absolute Gasteiger partial charge is 0.177 e. The second-order valence-electron chi connectivity index (χ2n) is 3.86. The maximum absolute atomic E-state index is 11.9. The molecular weight excluding hydrogens is 292 g/mol. The maximum atomic E-state index is 11.9. The number of carbonyl (C=O) groups is 1. The molecule has 0 aliphatic heterocycles. The molecule has 0 bridgehead atoms. The lowest BCUT2D eigenvalue weighted by atomic mass is 10.1. The number of hydrogen-bond acceptors (Lipinski definition) is 5. The summed E-state index contributed by atoms with van der Waals surface area (Å²) in [5, 5.41) is 0.266. The van der Waals surface area contributed by atoms with Crippen molar-refractivity contribution in [3.8, 4) is 5.75 Å². The van der Waals surface area contributed by atoms with Crippen LogP contribution in [0.2, 0.25) is 5.02 Å². The number of sulfone groups is 1. The first kappa shape index (κ1) is 15.9.